The minimum atomic E-state index is 0.356. The summed E-state index contributed by atoms with van der Waals surface area (Å²) in [6, 6.07) is 0.792. The summed E-state index contributed by atoms with van der Waals surface area (Å²) in [5.41, 5.74) is 1.58. The molecule has 0 aliphatic heterocycles. The highest BCUT2D eigenvalue weighted by Gasteiger charge is 2.50. The monoisotopic (exact) mass is 371 g/mol. The highest BCUT2D eigenvalue weighted by Crippen LogP contribution is 2.56. The molecule has 3 saturated carbocycles. The molecule has 0 amide bonds. The number of unbranched alkanes of at least 4 members (excludes halogenated alkanes) is 3. The first-order chi connectivity index (χ1) is 13.3. The third-order valence-corrected chi connectivity index (χ3v) is 8.49. The maximum absolute atomic E-state index is 8.89. The summed E-state index contributed by atoms with van der Waals surface area (Å²) in [6.07, 6.45) is 22.3. The molecule has 152 valence electrons. The van der Waals surface area contributed by atoms with E-state index in [1.807, 2.05) is 0 Å². The molecule has 7 unspecified atom stereocenters. The third-order valence-electron chi connectivity index (χ3n) is 8.49. The van der Waals surface area contributed by atoms with Crippen molar-refractivity contribution >= 4 is 0 Å². The molecule has 0 aromatic carbocycles. The van der Waals surface area contributed by atoms with Crippen LogP contribution in [0.3, 0.4) is 0 Å². The second-order valence-electron chi connectivity index (χ2n) is 9.78. The number of nitrogens with one attached hydrogen (secondary N) is 1. The molecule has 2 nitrogen and oxygen atoms in total. The standard InChI is InChI=1S/C25H41NO/c1-2-18-7-9-20-19(17-18)8-10-22-21(20)11-12-24-23(22)13-14-25(24)26-15-5-3-4-6-16-27/h7,9,17,19-27H,2-6,8,10-16H2,1H3. The van der Waals surface area contributed by atoms with Crippen LogP contribution in [0.25, 0.3) is 0 Å². The van der Waals surface area contributed by atoms with Crippen molar-refractivity contribution in [1.29, 1.82) is 0 Å². The van der Waals surface area contributed by atoms with E-state index in [0.29, 0.717) is 6.61 Å². The molecule has 0 bridgehead atoms. The van der Waals surface area contributed by atoms with Gasteiger partial charge in [-0.2, -0.15) is 0 Å². The van der Waals surface area contributed by atoms with Crippen LogP contribution in [0.2, 0.25) is 0 Å². The zero-order chi connectivity index (χ0) is 18.6. The van der Waals surface area contributed by atoms with Crippen LogP contribution in [0.4, 0.5) is 0 Å². The fourth-order valence-corrected chi connectivity index (χ4v) is 7.17. The van der Waals surface area contributed by atoms with E-state index in [1.165, 1.54) is 70.8 Å². The molecular weight excluding hydrogens is 330 g/mol. The first-order valence-corrected chi connectivity index (χ1v) is 12.0. The van der Waals surface area contributed by atoms with Gasteiger partial charge in [-0.15, -0.1) is 0 Å². The van der Waals surface area contributed by atoms with E-state index in [-0.39, 0.29) is 0 Å². The molecule has 3 fully saturated rings. The predicted molar refractivity (Wildman–Crippen MR) is 114 cm³/mol. The van der Waals surface area contributed by atoms with Gasteiger partial charge in [0.2, 0.25) is 0 Å². The summed E-state index contributed by atoms with van der Waals surface area (Å²) in [5, 5.41) is 12.8. The van der Waals surface area contributed by atoms with Crippen molar-refractivity contribution in [3.05, 3.63) is 23.8 Å². The van der Waals surface area contributed by atoms with E-state index in [2.05, 4.69) is 30.5 Å². The van der Waals surface area contributed by atoms with Crippen molar-refractivity contribution < 1.29 is 5.11 Å². The summed E-state index contributed by atoms with van der Waals surface area (Å²) in [5.74, 6) is 5.61. The molecule has 0 radical (unpaired) electrons. The SMILES string of the molecule is CCC1=CC2CCC3C(CCC4C(NCCCCCCO)CCC43)C2C=C1. The normalized spacial score (nSPS) is 40.2. The van der Waals surface area contributed by atoms with Gasteiger partial charge in [0.25, 0.3) is 0 Å². The average Bonchev–Trinajstić information content (AvgIpc) is 3.13. The van der Waals surface area contributed by atoms with E-state index >= 15 is 0 Å². The Morgan fingerprint density at radius 2 is 1.63 bits per heavy atom. The minimum absolute atomic E-state index is 0.356. The first kappa shape index (κ1) is 19.7. The number of hydrogen-bond donors (Lipinski definition) is 2. The molecule has 7 atom stereocenters. The van der Waals surface area contributed by atoms with E-state index in [9.17, 15) is 0 Å². The van der Waals surface area contributed by atoms with Crippen molar-refractivity contribution in [2.24, 2.45) is 35.5 Å². The zero-order valence-corrected chi connectivity index (χ0v) is 17.4. The molecule has 4 aliphatic rings. The largest absolute Gasteiger partial charge is 0.396 e. The Kier molecular flexibility index (Phi) is 6.76. The number of aliphatic hydroxyl groups excluding tert-OH is 1. The van der Waals surface area contributed by atoms with Crippen LogP contribution >= 0.6 is 0 Å². The lowest BCUT2D eigenvalue weighted by Crippen LogP contribution is -2.45. The van der Waals surface area contributed by atoms with Gasteiger partial charge in [-0.1, -0.05) is 43.6 Å². The van der Waals surface area contributed by atoms with Crippen LogP contribution in [0.15, 0.2) is 23.8 Å². The Labute approximate surface area is 166 Å². The number of allylic oxidation sites excluding steroid dienone is 4. The van der Waals surface area contributed by atoms with Gasteiger partial charge in [-0.05, 0) is 99.8 Å². The summed E-state index contributed by atoms with van der Waals surface area (Å²) >= 11 is 0. The quantitative estimate of drug-likeness (QED) is 0.554. The maximum Gasteiger partial charge on any atom is 0.0431 e. The number of aliphatic hydroxyl groups is 1. The molecule has 0 saturated heterocycles. The second kappa shape index (κ2) is 9.27. The van der Waals surface area contributed by atoms with E-state index in [1.54, 1.807) is 5.57 Å². The van der Waals surface area contributed by atoms with Gasteiger partial charge in [-0.3, -0.25) is 0 Å². The summed E-state index contributed by atoms with van der Waals surface area (Å²) in [4.78, 5) is 0. The smallest absolute Gasteiger partial charge is 0.0431 e. The minimum Gasteiger partial charge on any atom is -0.396 e. The molecule has 4 rings (SSSR count). The van der Waals surface area contributed by atoms with Crippen molar-refractivity contribution in [3.8, 4) is 0 Å². The first-order valence-electron chi connectivity index (χ1n) is 12.0. The molecule has 2 heteroatoms. The summed E-state index contributed by atoms with van der Waals surface area (Å²) < 4.78 is 0. The Morgan fingerprint density at radius 3 is 2.48 bits per heavy atom. The maximum atomic E-state index is 8.89. The number of rotatable bonds is 8. The predicted octanol–water partition coefficient (Wildman–Crippen LogP) is 5.48. The van der Waals surface area contributed by atoms with E-state index in [0.717, 1.165) is 48.0 Å². The molecule has 4 aliphatic carbocycles. The Balaban J connectivity index is 1.30. The highest BCUT2D eigenvalue weighted by molar-refractivity contribution is 5.27. The van der Waals surface area contributed by atoms with Gasteiger partial charge in [0.1, 0.15) is 0 Å². The molecule has 2 N–H and O–H groups in total. The van der Waals surface area contributed by atoms with Crippen molar-refractivity contribution in [2.75, 3.05) is 13.2 Å². The van der Waals surface area contributed by atoms with Gasteiger partial charge in [0, 0.05) is 12.6 Å². The zero-order valence-electron chi connectivity index (χ0n) is 17.4. The molecule has 0 spiro atoms. The van der Waals surface area contributed by atoms with Crippen LogP contribution in [-0.4, -0.2) is 24.3 Å². The fourth-order valence-electron chi connectivity index (χ4n) is 7.17. The van der Waals surface area contributed by atoms with Gasteiger partial charge in [0.15, 0.2) is 0 Å². The summed E-state index contributed by atoms with van der Waals surface area (Å²) in [6.45, 7) is 3.84. The molecule has 27 heavy (non-hydrogen) atoms. The van der Waals surface area contributed by atoms with Gasteiger partial charge < -0.3 is 10.4 Å². The topological polar surface area (TPSA) is 32.3 Å². The third kappa shape index (κ3) is 4.22. The van der Waals surface area contributed by atoms with Crippen LogP contribution < -0.4 is 5.32 Å². The lowest BCUT2D eigenvalue weighted by Gasteiger charge is -2.50. The number of hydrogen-bond acceptors (Lipinski definition) is 2. The van der Waals surface area contributed by atoms with Crippen LogP contribution in [0.1, 0.15) is 77.6 Å². The van der Waals surface area contributed by atoms with Crippen LogP contribution in [0.5, 0.6) is 0 Å². The van der Waals surface area contributed by atoms with Crippen molar-refractivity contribution in [1.82, 2.24) is 5.32 Å². The Hall–Kier alpha value is -0.600. The fraction of sp³-hybridized carbons (Fsp3) is 0.840. The highest BCUT2D eigenvalue weighted by atomic mass is 16.2. The Bertz CT molecular complexity index is 538. The summed E-state index contributed by atoms with van der Waals surface area (Å²) in [7, 11) is 0. The lowest BCUT2D eigenvalue weighted by atomic mass is 9.55. The van der Waals surface area contributed by atoms with Gasteiger partial charge >= 0.3 is 0 Å². The average molecular weight is 372 g/mol. The molecule has 0 aromatic heterocycles. The van der Waals surface area contributed by atoms with Crippen molar-refractivity contribution in [3.63, 3.8) is 0 Å². The Morgan fingerprint density at radius 1 is 0.889 bits per heavy atom. The second-order valence-corrected chi connectivity index (χ2v) is 9.78. The van der Waals surface area contributed by atoms with E-state index in [4.69, 9.17) is 5.11 Å². The van der Waals surface area contributed by atoms with Gasteiger partial charge in [-0.25, -0.2) is 0 Å². The molecular formula is C25H41NO. The lowest BCUT2D eigenvalue weighted by molar-refractivity contribution is 0.0230. The molecule has 0 heterocycles. The van der Waals surface area contributed by atoms with Crippen LogP contribution in [-0.2, 0) is 0 Å². The van der Waals surface area contributed by atoms with Crippen molar-refractivity contribution in [2.45, 2.75) is 83.6 Å². The van der Waals surface area contributed by atoms with Crippen LogP contribution in [0, 0.1) is 35.5 Å². The van der Waals surface area contributed by atoms with Gasteiger partial charge in [0.05, 0.1) is 0 Å². The van der Waals surface area contributed by atoms with E-state index < -0.39 is 0 Å². The number of fused-ring (bicyclic) bond motifs is 5. The molecule has 0 aromatic rings.